The third-order valence-corrected chi connectivity index (χ3v) is 6.13. The fraction of sp³-hybridized carbons (Fsp3) is 0.882. The number of nitrogens with zero attached hydrogens (tertiary/aromatic N) is 1. The predicted molar refractivity (Wildman–Crippen MR) is 94.6 cm³/mol. The van der Waals surface area contributed by atoms with E-state index in [9.17, 15) is 14.7 Å². The van der Waals surface area contributed by atoms with Gasteiger partial charge in [0, 0.05) is 26.2 Å². The summed E-state index contributed by atoms with van der Waals surface area (Å²) >= 11 is 0. The van der Waals surface area contributed by atoms with E-state index < -0.39 is 36.2 Å². The number of nitrogens with one attached hydrogen (secondary N) is 3. The first-order valence-electron chi connectivity index (χ1n) is 9.76. The summed E-state index contributed by atoms with van der Waals surface area (Å²) in [4.78, 5) is 26.8. The number of carbonyl (C=O) groups excluding carboxylic acids is 1. The van der Waals surface area contributed by atoms with Crippen molar-refractivity contribution in [2.45, 2.75) is 43.5 Å². The number of hydrogen-bond donors (Lipinski definition) is 5. The molecular formula is C17H29N5O5. The molecule has 0 bridgehead atoms. The molecule has 152 valence electrons. The average Bonchev–Trinajstić information content (AvgIpc) is 2.67. The van der Waals surface area contributed by atoms with E-state index in [2.05, 4.69) is 20.9 Å². The summed E-state index contributed by atoms with van der Waals surface area (Å²) < 4.78 is 11.4. The lowest BCUT2D eigenvalue weighted by molar-refractivity contribution is -0.174. The van der Waals surface area contributed by atoms with Gasteiger partial charge in [-0.3, -0.25) is 30.4 Å². The molecule has 4 aliphatic rings. The quantitative estimate of drug-likeness (QED) is 0.354. The standard InChI is InChI=1S/C17H29N5O5/c18-15-10(17(24)25)7-9-14(23)13-11(27-16(9)21-15)8-19-12(20-13)1-2-22-3-5-26-6-4-22/h9-13,15-16,19-21H,1-8,18H2,(H,24,25). The van der Waals surface area contributed by atoms with Crippen molar-refractivity contribution in [2.24, 2.45) is 17.6 Å². The molecule has 0 aliphatic carbocycles. The first-order chi connectivity index (χ1) is 13.0. The van der Waals surface area contributed by atoms with Gasteiger partial charge in [0.2, 0.25) is 0 Å². The van der Waals surface area contributed by atoms with Crippen LogP contribution in [0.5, 0.6) is 0 Å². The van der Waals surface area contributed by atoms with E-state index in [4.69, 9.17) is 15.2 Å². The van der Waals surface area contributed by atoms with Gasteiger partial charge in [-0.05, 0) is 12.8 Å². The lowest BCUT2D eigenvalue weighted by Gasteiger charge is -2.49. The number of carbonyl (C=O) groups is 2. The molecule has 0 saturated carbocycles. The molecule has 27 heavy (non-hydrogen) atoms. The van der Waals surface area contributed by atoms with Crippen LogP contribution >= 0.6 is 0 Å². The van der Waals surface area contributed by atoms with Gasteiger partial charge in [0.1, 0.15) is 6.23 Å². The Morgan fingerprint density at radius 1 is 1.30 bits per heavy atom. The lowest BCUT2D eigenvalue weighted by Crippen LogP contribution is -2.73. The lowest BCUT2D eigenvalue weighted by atomic mass is 9.78. The zero-order valence-electron chi connectivity index (χ0n) is 15.3. The molecule has 0 radical (unpaired) electrons. The van der Waals surface area contributed by atoms with Gasteiger partial charge in [0.25, 0.3) is 0 Å². The molecule has 4 aliphatic heterocycles. The normalized spacial score (nSPS) is 43.0. The maximum absolute atomic E-state index is 13.0. The van der Waals surface area contributed by atoms with Gasteiger partial charge in [-0.1, -0.05) is 0 Å². The van der Waals surface area contributed by atoms with Crippen LogP contribution in [0.2, 0.25) is 0 Å². The summed E-state index contributed by atoms with van der Waals surface area (Å²) in [5, 5.41) is 19.1. The number of aliphatic carboxylic acids is 1. The Morgan fingerprint density at radius 2 is 2.07 bits per heavy atom. The molecule has 4 heterocycles. The maximum Gasteiger partial charge on any atom is 0.309 e. The highest BCUT2D eigenvalue weighted by Gasteiger charge is 2.51. The van der Waals surface area contributed by atoms with Crippen LogP contribution in [0.3, 0.4) is 0 Å². The Kier molecular flexibility index (Phi) is 5.74. The summed E-state index contributed by atoms with van der Waals surface area (Å²) in [5.74, 6) is -2.23. The van der Waals surface area contributed by atoms with Crippen LogP contribution in [0.25, 0.3) is 0 Å². The highest BCUT2D eigenvalue weighted by atomic mass is 16.5. The van der Waals surface area contributed by atoms with E-state index in [1.54, 1.807) is 0 Å². The minimum absolute atomic E-state index is 0.0276. The fourth-order valence-corrected chi connectivity index (χ4v) is 4.51. The first kappa shape index (κ1) is 19.2. The molecule has 4 saturated heterocycles. The van der Waals surface area contributed by atoms with Crippen molar-refractivity contribution in [3.8, 4) is 0 Å². The van der Waals surface area contributed by atoms with Gasteiger partial charge in [-0.25, -0.2) is 0 Å². The SMILES string of the molecule is NC1NC2OC3CNC(CCN4CCOCC4)NC3C(=O)C2CC1C(=O)O. The Bertz CT molecular complexity index is 572. The maximum atomic E-state index is 13.0. The van der Waals surface area contributed by atoms with Gasteiger partial charge in [0.15, 0.2) is 5.78 Å². The largest absolute Gasteiger partial charge is 0.481 e. The van der Waals surface area contributed by atoms with Crippen LogP contribution in [0.15, 0.2) is 0 Å². The monoisotopic (exact) mass is 383 g/mol. The molecule has 0 aromatic heterocycles. The minimum Gasteiger partial charge on any atom is -0.481 e. The van der Waals surface area contributed by atoms with Gasteiger partial charge >= 0.3 is 5.97 Å². The summed E-state index contributed by atoms with van der Waals surface area (Å²) in [6.07, 6.45) is -0.377. The van der Waals surface area contributed by atoms with E-state index in [1.165, 1.54) is 0 Å². The third-order valence-electron chi connectivity index (χ3n) is 6.13. The number of carboxylic acid groups (broad SMARTS) is 1. The van der Waals surface area contributed by atoms with Crippen molar-refractivity contribution in [3.05, 3.63) is 0 Å². The number of ketones is 1. The van der Waals surface area contributed by atoms with Crippen LogP contribution in [0, 0.1) is 11.8 Å². The molecule has 0 amide bonds. The van der Waals surface area contributed by atoms with Crippen molar-refractivity contribution in [1.29, 1.82) is 0 Å². The number of fused-ring (bicyclic) bond motifs is 2. The Hall–Kier alpha value is -1.14. The molecule has 4 rings (SSSR count). The number of nitrogens with two attached hydrogens (primary N) is 1. The molecule has 7 atom stereocenters. The van der Waals surface area contributed by atoms with E-state index in [1.807, 2.05) is 0 Å². The second-order valence-electron chi connectivity index (χ2n) is 7.82. The fourth-order valence-electron chi connectivity index (χ4n) is 4.51. The third kappa shape index (κ3) is 4.02. The highest BCUT2D eigenvalue weighted by molar-refractivity contribution is 5.89. The summed E-state index contributed by atoms with van der Waals surface area (Å²) in [6, 6.07) is -0.409. The minimum atomic E-state index is -0.981. The van der Waals surface area contributed by atoms with E-state index >= 15 is 0 Å². The van der Waals surface area contributed by atoms with Crippen molar-refractivity contribution >= 4 is 11.8 Å². The number of ether oxygens (including phenoxy) is 2. The van der Waals surface area contributed by atoms with Crippen molar-refractivity contribution in [2.75, 3.05) is 39.4 Å². The second-order valence-corrected chi connectivity index (χ2v) is 7.82. The Labute approximate surface area is 158 Å². The van der Waals surface area contributed by atoms with Crippen molar-refractivity contribution in [3.63, 3.8) is 0 Å². The topological polar surface area (TPSA) is 138 Å². The van der Waals surface area contributed by atoms with E-state index in [-0.39, 0.29) is 24.5 Å². The summed E-state index contributed by atoms with van der Waals surface area (Å²) in [5.41, 5.74) is 5.90. The molecule has 0 aromatic carbocycles. The summed E-state index contributed by atoms with van der Waals surface area (Å²) in [7, 11) is 0. The Balaban J connectivity index is 1.35. The molecule has 6 N–H and O–H groups in total. The van der Waals surface area contributed by atoms with E-state index in [0.717, 1.165) is 39.3 Å². The molecular weight excluding hydrogens is 354 g/mol. The van der Waals surface area contributed by atoms with Crippen LogP contribution in [0.1, 0.15) is 12.8 Å². The predicted octanol–water partition coefficient (Wildman–Crippen LogP) is -2.51. The number of morpholine rings is 1. The van der Waals surface area contributed by atoms with Crippen LogP contribution in [0.4, 0.5) is 0 Å². The molecule has 0 spiro atoms. The van der Waals surface area contributed by atoms with Gasteiger partial charge in [-0.2, -0.15) is 0 Å². The Morgan fingerprint density at radius 3 is 2.81 bits per heavy atom. The second kappa shape index (κ2) is 8.08. The zero-order chi connectivity index (χ0) is 19.0. The van der Waals surface area contributed by atoms with E-state index in [0.29, 0.717) is 6.54 Å². The molecule has 7 unspecified atom stereocenters. The number of carboxylic acids is 1. The molecule has 10 heteroatoms. The smallest absolute Gasteiger partial charge is 0.309 e. The number of rotatable bonds is 4. The molecule has 4 fully saturated rings. The van der Waals surface area contributed by atoms with Gasteiger partial charge in [0.05, 0.1) is 49.5 Å². The van der Waals surface area contributed by atoms with Crippen LogP contribution in [-0.4, -0.2) is 91.9 Å². The molecule has 0 aromatic rings. The highest BCUT2D eigenvalue weighted by Crippen LogP contribution is 2.32. The van der Waals surface area contributed by atoms with Crippen molar-refractivity contribution in [1.82, 2.24) is 20.9 Å². The summed E-state index contributed by atoms with van der Waals surface area (Å²) in [6.45, 7) is 4.93. The van der Waals surface area contributed by atoms with Gasteiger partial charge in [-0.15, -0.1) is 0 Å². The number of Topliss-reactive ketones (excluding diaryl/α,β-unsaturated/α-hetero) is 1. The van der Waals surface area contributed by atoms with Crippen LogP contribution in [-0.2, 0) is 19.1 Å². The zero-order valence-corrected chi connectivity index (χ0v) is 15.3. The number of piperidine rings is 1. The first-order valence-corrected chi connectivity index (χ1v) is 9.76. The number of hydrogen-bond acceptors (Lipinski definition) is 9. The average molecular weight is 383 g/mol. The van der Waals surface area contributed by atoms with Gasteiger partial charge < -0.3 is 20.3 Å². The van der Waals surface area contributed by atoms with Crippen LogP contribution < -0.4 is 21.7 Å². The molecule has 10 nitrogen and oxygen atoms in total. The van der Waals surface area contributed by atoms with Crippen molar-refractivity contribution < 1.29 is 24.2 Å².